The van der Waals surface area contributed by atoms with Gasteiger partial charge in [0.15, 0.2) is 0 Å². The summed E-state index contributed by atoms with van der Waals surface area (Å²) in [4.78, 5) is 11.2. The number of aliphatic hydroxyl groups is 1. The molecule has 2 rings (SSSR count). The van der Waals surface area contributed by atoms with Crippen LogP contribution >= 0.6 is 15.9 Å². The van der Waals surface area contributed by atoms with E-state index in [2.05, 4.69) is 21.2 Å². The highest BCUT2D eigenvalue weighted by Crippen LogP contribution is 2.23. The van der Waals surface area contributed by atoms with Gasteiger partial charge in [-0.2, -0.15) is 0 Å². The van der Waals surface area contributed by atoms with Gasteiger partial charge in [0, 0.05) is 4.47 Å². The van der Waals surface area contributed by atoms with Gasteiger partial charge in [0.25, 0.3) is 0 Å². The number of anilines is 1. The molecule has 1 unspecified atom stereocenters. The molecule has 0 radical (unpaired) electrons. The maximum absolute atomic E-state index is 11.2. The van der Waals surface area contributed by atoms with Crippen LogP contribution in [0.3, 0.4) is 0 Å². The molecule has 0 fully saturated rings. The monoisotopic (exact) mass is 349 g/mol. The van der Waals surface area contributed by atoms with E-state index in [-0.39, 0.29) is 18.2 Å². The normalized spacial score (nSPS) is 11.9. The molecule has 3 N–H and O–H groups in total. The Labute approximate surface area is 131 Å². The quantitative estimate of drug-likeness (QED) is 0.749. The molecular formula is C16H16BrNO3. The molecule has 2 aromatic rings. The fraction of sp³-hybridized carbons (Fsp3) is 0.188. The smallest absolute Gasteiger partial charge is 0.337 e. The molecule has 4 nitrogen and oxygen atoms in total. The zero-order valence-corrected chi connectivity index (χ0v) is 12.9. The maximum Gasteiger partial charge on any atom is 0.337 e. The van der Waals surface area contributed by atoms with Crippen LogP contribution in [0.25, 0.3) is 0 Å². The third-order valence-corrected chi connectivity index (χ3v) is 3.61. The number of carboxylic acids is 1. The number of benzene rings is 2. The molecule has 0 aliphatic heterocycles. The zero-order chi connectivity index (χ0) is 15.2. The molecule has 0 aliphatic carbocycles. The third kappa shape index (κ3) is 4.31. The lowest BCUT2D eigenvalue weighted by atomic mass is 10.1. The van der Waals surface area contributed by atoms with Crippen molar-refractivity contribution in [3.63, 3.8) is 0 Å². The lowest BCUT2D eigenvalue weighted by Crippen LogP contribution is -2.27. The largest absolute Gasteiger partial charge is 0.478 e. The first kappa shape index (κ1) is 15.5. The minimum absolute atomic E-state index is 0.0829. The summed E-state index contributed by atoms with van der Waals surface area (Å²) < 4.78 is 0.784. The van der Waals surface area contributed by atoms with Crippen molar-refractivity contribution in [3.8, 4) is 0 Å². The molecule has 2 aromatic carbocycles. The van der Waals surface area contributed by atoms with Crippen LogP contribution in [0.2, 0.25) is 0 Å². The average molecular weight is 350 g/mol. The highest BCUT2D eigenvalue weighted by molar-refractivity contribution is 9.10. The van der Waals surface area contributed by atoms with Gasteiger partial charge in [-0.15, -0.1) is 0 Å². The SMILES string of the molecule is O=C(O)c1ccc(Br)cc1NC(CO)Cc1ccccc1. The van der Waals surface area contributed by atoms with Gasteiger partial charge in [-0.3, -0.25) is 0 Å². The first-order chi connectivity index (χ1) is 10.1. The number of aromatic carboxylic acids is 1. The number of rotatable bonds is 6. The van der Waals surface area contributed by atoms with Crippen molar-refractivity contribution in [2.75, 3.05) is 11.9 Å². The Bertz CT molecular complexity index is 616. The van der Waals surface area contributed by atoms with Crippen LogP contribution in [0.4, 0.5) is 5.69 Å². The number of carboxylic acid groups (broad SMARTS) is 1. The van der Waals surface area contributed by atoms with Crippen molar-refractivity contribution in [2.45, 2.75) is 12.5 Å². The van der Waals surface area contributed by atoms with E-state index < -0.39 is 5.97 Å². The Morgan fingerprint density at radius 3 is 2.52 bits per heavy atom. The highest BCUT2D eigenvalue weighted by atomic mass is 79.9. The van der Waals surface area contributed by atoms with Crippen molar-refractivity contribution < 1.29 is 15.0 Å². The molecular weight excluding hydrogens is 334 g/mol. The van der Waals surface area contributed by atoms with Gasteiger partial charge < -0.3 is 15.5 Å². The van der Waals surface area contributed by atoms with E-state index in [0.29, 0.717) is 12.1 Å². The van der Waals surface area contributed by atoms with Crippen molar-refractivity contribution in [1.29, 1.82) is 0 Å². The summed E-state index contributed by atoms with van der Waals surface area (Å²) >= 11 is 3.33. The number of hydrogen-bond donors (Lipinski definition) is 3. The fourth-order valence-electron chi connectivity index (χ4n) is 2.10. The molecule has 0 saturated carbocycles. The van der Waals surface area contributed by atoms with E-state index in [1.807, 2.05) is 30.3 Å². The van der Waals surface area contributed by atoms with Gasteiger partial charge in [-0.1, -0.05) is 46.3 Å². The number of hydrogen-bond acceptors (Lipinski definition) is 3. The van der Waals surface area contributed by atoms with E-state index in [1.165, 1.54) is 6.07 Å². The van der Waals surface area contributed by atoms with Crippen LogP contribution in [-0.2, 0) is 6.42 Å². The summed E-state index contributed by atoms with van der Waals surface area (Å²) in [6.45, 7) is -0.0829. The summed E-state index contributed by atoms with van der Waals surface area (Å²) in [6.07, 6.45) is 0.614. The molecule has 110 valence electrons. The third-order valence-electron chi connectivity index (χ3n) is 3.12. The predicted octanol–water partition coefficient (Wildman–Crippen LogP) is 3.16. The molecule has 0 heterocycles. The van der Waals surface area contributed by atoms with E-state index in [9.17, 15) is 15.0 Å². The number of aliphatic hydroxyl groups excluding tert-OH is 1. The molecule has 0 aliphatic rings. The number of nitrogens with one attached hydrogen (secondary N) is 1. The Balaban J connectivity index is 2.18. The summed E-state index contributed by atoms with van der Waals surface area (Å²) in [5.74, 6) is -0.999. The molecule has 0 spiro atoms. The zero-order valence-electron chi connectivity index (χ0n) is 11.3. The average Bonchev–Trinajstić information content (AvgIpc) is 2.47. The second-order valence-corrected chi connectivity index (χ2v) is 5.62. The Morgan fingerprint density at radius 1 is 1.19 bits per heavy atom. The van der Waals surface area contributed by atoms with Gasteiger partial charge in [0.1, 0.15) is 0 Å². The van der Waals surface area contributed by atoms with Crippen LogP contribution in [0.1, 0.15) is 15.9 Å². The second kappa shape index (κ2) is 7.24. The minimum atomic E-state index is -0.999. The Hall–Kier alpha value is -1.85. The number of carbonyl (C=O) groups is 1. The maximum atomic E-state index is 11.2. The first-order valence-electron chi connectivity index (χ1n) is 6.54. The molecule has 1 atom stereocenters. The van der Waals surface area contributed by atoms with Crippen LogP contribution in [0.15, 0.2) is 53.0 Å². The molecule has 0 aromatic heterocycles. The Morgan fingerprint density at radius 2 is 1.90 bits per heavy atom. The molecule has 0 amide bonds. The lowest BCUT2D eigenvalue weighted by Gasteiger charge is -2.19. The van der Waals surface area contributed by atoms with E-state index in [0.717, 1.165) is 10.0 Å². The van der Waals surface area contributed by atoms with Gasteiger partial charge in [-0.05, 0) is 30.2 Å². The second-order valence-electron chi connectivity index (χ2n) is 4.71. The van der Waals surface area contributed by atoms with Crippen molar-refractivity contribution >= 4 is 27.6 Å². The fourth-order valence-corrected chi connectivity index (χ4v) is 2.46. The summed E-state index contributed by atoms with van der Waals surface area (Å²) in [5, 5.41) is 21.8. The summed E-state index contributed by atoms with van der Waals surface area (Å²) in [6, 6.07) is 14.4. The molecule has 0 bridgehead atoms. The molecule has 21 heavy (non-hydrogen) atoms. The van der Waals surface area contributed by atoms with E-state index in [4.69, 9.17) is 0 Å². The summed E-state index contributed by atoms with van der Waals surface area (Å²) in [5.41, 5.74) is 1.76. The molecule has 5 heteroatoms. The molecule has 0 saturated heterocycles. The standard InChI is InChI=1S/C16H16BrNO3/c17-12-6-7-14(16(20)21)15(9-12)18-13(10-19)8-11-4-2-1-3-5-11/h1-7,9,13,18-19H,8,10H2,(H,20,21). The van der Waals surface area contributed by atoms with Gasteiger partial charge >= 0.3 is 5.97 Å². The summed E-state index contributed by atoms with van der Waals surface area (Å²) in [7, 11) is 0. The van der Waals surface area contributed by atoms with Crippen LogP contribution < -0.4 is 5.32 Å². The lowest BCUT2D eigenvalue weighted by molar-refractivity contribution is 0.0697. The number of halogens is 1. The predicted molar refractivity (Wildman–Crippen MR) is 85.7 cm³/mol. The van der Waals surface area contributed by atoms with Crippen molar-refractivity contribution in [1.82, 2.24) is 0 Å². The first-order valence-corrected chi connectivity index (χ1v) is 7.33. The van der Waals surface area contributed by atoms with Crippen LogP contribution in [0.5, 0.6) is 0 Å². The van der Waals surface area contributed by atoms with Crippen LogP contribution in [0, 0.1) is 0 Å². The topological polar surface area (TPSA) is 69.6 Å². The highest BCUT2D eigenvalue weighted by Gasteiger charge is 2.15. The van der Waals surface area contributed by atoms with Crippen molar-refractivity contribution in [3.05, 3.63) is 64.1 Å². The van der Waals surface area contributed by atoms with E-state index in [1.54, 1.807) is 12.1 Å². The van der Waals surface area contributed by atoms with Gasteiger partial charge in [0.2, 0.25) is 0 Å². The van der Waals surface area contributed by atoms with Crippen molar-refractivity contribution in [2.24, 2.45) is 0 Å². The minimum Gasteiger partial charge on any atom is -0.478 e. The van der Waals surface area contributed by atoms with E-state index >= 15 is 0 Å². The van der Waals surface area contributed by atoms with Gasteiger partial charge in [0.05, 0.1) is 23.9 Å². The van der Waals surface area contributed by atoms with Gasteiger partial charge in [-0.25, -0.2) is 4.79 Å². The Kier molecular flexibility index (Phi) is 5.36. The van der Waals surface area contributed by atoms with Crippen LogP contribution in [-0.4, -0.2) is 28.8 Å².